The summed E-state index contributed by atoms with van der Waals surface area (Å²) in [7, 11) is -2.99. The molecule has 1 amide bonds. The van der Waals surface area contributed by atoms with Gasteiger partial charge in [-0.3, -0.25) is 4.79 Å². The van der Waals surface area contributed by atoms with E-state index < -0.39 is 9.84 Å². The summed E-state index contributed by atoms with van der Waals surface area (Å²) < 4.78 is 28.2. The molecular formula is C11H17N3O4S2. The average molecular weight is 319 g/mol. The lowest BCUT2D eigenvalue weighted by Crippen LogP contribution is -2.41. The molecule has 7 nitrogen and oxygen atoms in total. The third-order valence-electron chi connectivity index (χ3n) is 3.14. The van der Waals surface area contributed by atoms with Gasteiger partial charge in [0.25, 0.3) is 5.22 Å². The normalized spacial score (nSPS) is 21.0. The molecule has 1 aromatic rings. The van der Waals surface area contributed by atoms with Crippen molar-refractivity contribution in [2.24, 2.45) is 0 Å². The first kappa shape index (κ1) is 15.3. The molecule has 1 aromatic heterocycles. The van der Waals surface area contributed by atoms with Gasteiger partial charge in [0.15, 0.2) is 9.84 Å². The molecule has 1 aliphatic rings. The summed E-state index contributed by atoms with van der Waals surface area (Å²) in [6.07, 6.45) is 0.520. The van der Waals surface area contributed by atoms with Gasteiger partial charge >= 0.3 is 0 Å². The molecule has 0 spiro atoms. The van der Waals surface area contributed by atoms with Crippen molar-refractivity contribution < 1.29 is 17.6 Å². The number of amides is 1. The van der Waals surface area contributed by atoms with Crippen LogP contribution in [-0.2, 0) is 14.6 Å². The van der Waals surface area contributed by atoms with Crippen LogP contribution in [0.5, 0.6) is 0 Å². The van der Waals surface area contributed by atoms with E-state index in [2.05, 4.69) is 10.2 Å². The molecule has 9 heteroatoms. The molecule has 1 unspecified atom stereocenters. The number of aryl methyl sites for hydroxylation is 1. The number of hydrogen-bond acceptors (Lipinski definition) is 7. The second-order valence-corrected chi connectivity index (χ2v) is 7.77. The van der Waals surface area contributed by atoms with Crippen molar-refractivity contribution in [2.75, 3.05) is 23.8 Å². The molecule has 1 aliphatic heterocycles. The van der Waals surface area contributed by atoms with Gasteiger partial charge in [-0.15, -0.1) is 10.2 Å². The summed E-state index contributed by atoms with van der Waals surface area (Å²) in [5, 5.41) is 7.84. The Morgan fingerprint density at radius 1 is 1.50 bits per heavy atom. The highest BCUT2D eigenvalue weighted by molar-refractivity contribution is 7.99. The standard InChI is InChI=1S/C11H17N3O4S2/c1-3-14(9-4-5-20(16,17)7-9)10(15)6-19-11-13-12-8(2)18-11/h9H,3-7H2,1-2H3. The molecular weight excluding hydrogens is 302 g/mol. The maximum atomic E-state index is 12.2. The first-order chi connectivity index (χ1) is 9.41. The van der Waals surface area contributed by atoms with E-state index in [0.29, 0.717) is 24.1 Å². The Morgan fingerprint density at radius 3 is 2.75 bits per heavy atom. The van der Waals surface area contributed by atoms with Crippen LogP contribution in [0.2, 0.25) is 0 Å². The van der Waals surface area contributed by atoms with E-state index in [-0.39, 0.29) is 29.2 Å². The van der Waals surface area contributed by atoms with Gasteiger partial charge in [-0.2, -0.15) is 0 Å². The van der Waals surface area contributed by atoms with E-state index in [0.717, 1.165) is 0 Å². The van der Waals surface area contributed by atoms with E-state index >= 15 is 0 Å². The second-order valence-electron chi connectivity index (χ2n) is 4.61. The van der Waals surface area contributed by atoms with Crippen LogP contribution < -0.4 is 0 Å². The van der Waals surface area contributed by atoms with Gasteiger partial charge in [-0.05, 0) is 13.3 Å². The molecule has 20 heavy (non-hydrogen) atoms. The number of thioether (sulfide) groups is 1. The minimum atomic E-state index is -2.99. The molecule has 0 saturated carbocycles. The monoisotopic (exact) mass is 319 g/mol. The van der Waals surface area contributed by atoms with Crippen molar-refractivity contribution in [1.82, 2.24) is 15.1 Å². The predicted octanol–water partition coefficient (Wildman–Crippen LogP) is 0.506. The Kier molecular flexibility index (Phi) is 4.69. The fourth-order valence-corrected chi connectivity index (χ4v) is 4.62. The molecule has 0 aromatic carbocycles. The fraction of sp³-hybridized carbons (Fsp3) is 0.727. The molecule has 0 radical (unpaired) electrons. The van der Waals surface area contributed by atoms with Gasteiger partial charge in [0.2, 0.25) is 11.8 Å². The first-order valence-electron chi connectivity index (χ1n) is 6.34. The van der Waals surface area contributed by atoms with Gasteiger partial charge in [-0.1, -0.05) is 11.8 Å². The Labute approximate surface area is 122 Å². The van der Waals surface area contributed by atoms with Crippen LogP contribution in [-0.4, -0.2) is 59.3 Å². The summed E-state index contributed by atoms with van der Waals surface area (Å²) in [6, 6.07) is -0.206. The summed E-state index contributed by atoms with van der Waals surface area (Å²) in [6.45, 7) is 4.04. The number of hydrogen-bond donors (Lipinski definition) is 0. The number of nitrogens with zero attached hydrogens (tertiary/aromatic N) is 3. The number of aromatic nitrogens is 2. The molecule has 2 rings (SSSR count). The van der Waals surface area contributed by atoms with Crippen LogP contribution >= 0.6 is 11.8 Å². The Bertz CT molecular complexity index is 584. The number of carbonyl (C=O) groups is 1. The van der Waals surface area contributed by atoms with E-state index in [4.69, 9.17) is 4.42 Å². The molecule has 1 fully saturated rings. The fourth-order valence-electron chi connectivity index (χ4n) is 2.20. The summed E-state index contributed by atoms with van der Waals surface area (Å²) in [5.41, 5.74) is 0. The minimum Gasteiger partial charge on any atom is -0.416 e. The largest absolute Gasteiger partial charge is 0.416 e. The van der Waals surface area contributed by atoms with Crippen molar-refractivity contribution in [3.63, 3.8) is 0 Å². The Morgan fingerprint density at radius 2 is 2.25 bits per heavy atom. The maximum Gasteiger partial charge on any atom is 0.277 e. The maximum absolute atomic E-state index is 12.2. The third kappa shape index (κ3) is 3.72. The van der Waals surface area contributed by atoms with Crippen LogP contribution in [0.15, 0.2) is 9.64 Å². The van der Waals surface area contributed by atoms with E-state index in [1.165, 1.54) is 11.8 Å². The second kappa shape index (κ2) is 6.13. The van der Waals surface area contributed by atoms with Crippen LogP contribution in [0.25, 0.3) is 0 Å². The minimum absolute atomic E-state index is 0.0664. The lowest BCUT2D eigenvalue weighted by atomic mass is 10.2. The first-order valence-corrected chi connectivity index (χ1v) is 9.15. The Balaban J connectivity index is 1.92. The number of carbonyl (C=O) groups excluding carboxylic acids is 1. The van der Waals surface area contributed by atoms with Crippen LogP contribution in [0.3, 0.4) is 0 Å². The third-order valence-corrected chi connectivity index (χ3v) is 5.69. The average Bonchev–Trinajstić information content (AvgIpc) is 2.94. The van der Waals surface area contributed by atoms with Gasteiger partial charge in [0.1, 0.15) is 0 Å². The topological polar surface area (TPSA) is 93.4 Å². The SMILES string of the molecule is CCN(C(=O)CSc1nnc(C)o1)C1CCS(=O)(=O)C1. The van der Waals surface area contributed by atoms with Crippen molar-refractivity contribution in [3.8, 4) is 0 Å². The van der Waals surface area contributed by atoms with E-state index in [1.807, 2.05) is 6.92 Å². The highest BCUT2D eigenvalue weighted by Gasteiger charge is 2.33. The zero-order valence-corrected chi connectivity index (χ0v) is 13.0. The zero-order valence-electron chi connectivity index (χ0n) is 11.4. The lowest BCUT2D eigenvalue weighted by Gasteiger charge is -2.26. The molecule has 2 heterocycles. The van der Waals surface area contributed by atoms with Crippen LogP contribution in [0.4, 0.5) is 0 Å². The molecule has 0 bridgehead atoms. The van der Waals surface area contributed by atoms with E-state index in [1.54, 1.807) is 11.8 Å². The Hall–Kier alpha value is -1.09. The lowest BCUT2D eigenvalue weighted by molar-refractivity contribution is -0.129. The van der Waals surface area contributed by atoms with Crippen molar-refractivity contribution in [2.45, 2.75) is 31.5 Å². The molecule has 112 valence electrons. The summed E-state index contributed by atoms with van der Waals surface area (Å²) in [5.74, 6) is 0.755. The quantitative estimate of drug-likeness (QED) is 0.730. The van der Waals surface area contributed by atoms with Gasteiger partial charge in [-0.25, -0.2) is 8.42 Å². The van der Waals surface area contributed by atoms with Crippen molar-refractivity contribution in [1.29, 1.82) is 0 Å². The van der Waals surface area contributed by atoms with Gasteiger partial charge in [0, 0.05) is 19.5 Å². The van der Waals surface area contributed by atoms with Gasteiger partial charge < -0.3 is 9.32 Å². The molecule has 0 aliphatic carbocycles. The van der Waals surface area contributed by atoms with Crippen LogP contribution in [0, 0.1) is 6.92 Å². The van der Waals surface area contributed by atoms with Crippen LogP contribution in [0.1, 0.15) is 19.2 Å². The molecule has 1 saturated heterocycles. The highest BCUT2D eigenvalue weighted by Crippen LogP contribution is 2.21. The summed E-state index contributed by atoms with van der Waals surface area (Å²) >= 11 is 1.17. The van der Waals surface area contributed by atoms with Gasteiger partial charge in [0.05, 0.1) is 17.3 Å². The summed E-state index contributed by atoms with van der Waals surface area (Å²) in [4.78, 5) is 13.8. The van der Waals surface area contributed by atoms with E-state index in [9.17, 15) is 13.2 Å². The zero-order chi connectivity index (χ0) is 14.8. The van der Waals surface area contributed by atoms with Crippen molar-refractivity contribution >= 4 is 27.5 Å². The molecule has 0 N–H and O–H groups in total. The highest BCUT2D eigenvalue weighted by atomic mass is 32.2. The van der Waals surface area contributed by atoms with Crippen molar-refractivity contribution in [3.05, 3.63) is 5.89 Å². The number of rotatable bonds is 5. The predicted molar refractivity (Wildman–Crippen MR) is 74.2 cm³/mol. The number of sulfone groups is 1. The molecule has 1 atom stereocenters. The smallest absolute Gasteiger partial charge is 0.277 e.